The molecule has 0 bridgehead atoms. The number of alkyl halides is 3. The molecule has 0 fully saturated rings. The summed E-state index contributed by atoms with van der Waals surface area (Å²) in [5.41, 5.74) is 0.0618. The molecule has 0 saturated carbocycles. The molecule has 0 atom stereocenters. The predicted octanol–water partition coefficient (Wildman–Crippen LogP) is 3.81. The van der Waals surface area contributed by atoms with E-state index in [1.165, 1.54) is 6.08 Å². The van der Waals surface area contributed by atoms with Crippen LogP contribution in [0.15, 0.2) is 17.1 Å². The van der Waals surface area contributed by atoms with Crippen molar-refractivity contribution in [2.75, 3.05) is 0 Å². The maximum atomic E-state index is 11.9. The summed E-state index contributed by atoms with van der Waals surface area (Å²) in [5.74, 6) is -0.466. The van der Waals surface area contributed by atoms with Crippen LogP contribution in [-0.2, 0) is 4.79 Å². The van der Waals surface area contributed by atoms with Gasteiger partial charge in [0.05, 0.1) is 5.02 Å². The summed E-state index contributed by atoms with van der Waals surface area (Å²) in [5, 5.41) is -0.116. The molecule has 0 saturated heterocycles. The van der Waals surface area contributed by atoms with E-state index in [-0.39, 0.29) is 14.3 Å². The first-order valence-corrected chi connectivity index (χ1v) is 5.12. The Hall–Kier alpha value is -0.790. The highest BCUT2D eigenvalue weighted by Gasteiger charge is 2.31. The van der Waals surface area contributed by atoms with E-state index >= 15 is 0 Å². The minimum absolute atomic E-state index is 0.0618. The first kappa shape index (κ1) is 13.3. The zero-order valence-electron chi connectivity index (χ0n) is 7.31. The number of hydrogen-bond acceptors (Lipinski definition) is 3. The van der Waals surface area contributed by atoms with Crippen molar-refractivity contribution in [3.8, 4) is 5.75 Å². The average Bonchev–Trinajstić information content (AvgIpc) is 2.08. The number of halogens is 5. The standard InChI is InChI=1S/C8H2ClF3INO2/c9-5-1-4(16-8(10,11)12)2-6(13)7(5)14-3-15/h1-2H. The molecule has 1 aromatic carbocycles. The van der Waals surface area contributed by atoms with Gasteiger partial charge in [-0.3, -0.25) is 0 Å². The van der Waals surface area contributed by atoms with E-state index in [4.69, 9.17) is 11.6 Å². The summed E-state index contributed by atoms with van der Waals surface area (Å²) in [4.78, 5) is 13.3. The van der Waals surface area contributed by atoms with Gasteiger partial charge in [-0.2, -0.15) is 4.99 Å². The molecular formula is C8H2ClF3INO2. The van der Waals surface area contributed by atoms with Crippen LogP contribution in [0.3, 0.4) is 0 Å². The third-order valence-corrected chi connectivity index (χ3v) is 2.49. The van der Waals surface area contributed by atoms with Crippen LogP contribution in [0.4, 0.5) is 18.9 Å². The lowest BCUT2D eigenvalue weighted by Gasteiger charge is -2.10. The smallest absolute Gasteiger partial charge is 0.406 e. The second kappa shape index (κ2) is 5.03. The monoisotopic (exact) mass is 363 g/mol. The van der Waals surface area contributed by atoms with Gasteiger partial charge in [0.25, 0.3) is 0 Å². The van der Waals surface area contributed by atoms with Gasteiger partial charge in [-0.15, -0.1) is 13.2 Å². The molecule has 0 aliphatic carbocycles. The van der Waals surface area contributed by atoms with Crippen molar-refractivity contribution in [2.24, 2.45) is 4.99 Å². The summed E-state index contributed by atoms with van der Waals surface area (Å²) in [6, 6.07) is 1.99. The summed E-state index contributed by atoms with van der Waals surface area (Å²) < 4.78 is 39.6. The fraction of sp³-hybridized carbons (Fsp3) is 0.125. The lowest BCUT2D eigenvalue weighted by atomic mass is 10.3. The second-order valence-electron chi connectivity index (χ2n) is 2.49. The van der Waals surface area contributed by atoms with E-state index in [2.05, 4.69) is 9.73 Å². The van der Waals surface area contributed by atoms with Crippen molar-refractivity contribution in [1.29, 1.82) is 0 Å². The SMILES string of the molecule is O=C=Nc1c(Cl)cc(OC(F)(F)F)cc1I. The Bertz CT molecular complexity index is 434. The van der Waals surface area contributed by atoms with E-state index in [0.717, 1.165) is 12.1 Å². The lowest BCUT2D eigenvalue weighted by molar-refractivity contribution is -0.274. The minimum Gasteiger partial charge on any atom is -0.406 e. The van der Waals surface area contributed by atoms with Crippen molar-refractivity contribution in [3.63, 3.8) is 0 Å². The van der Waals surface area contributed by atoms with E-state index in [0.29, 0.717) is 0 Å². The van der Waals surface area contributed by atoms with Gasteiger partial charge < -0.3 is 4.74 Å². The largest absolute Gasteiger partial charge is 0.573 e. The number of hydrogen-bond donors (Lipinski definition) is 0. The van der Waals surface area contributed by atoms with Gasteiger partial charge in [-0.25, -0.2) is 4.79 Å². The molecule has 16 heavy (non-hydrogen) atoms. The number of ether oxygens (including phenoxy) is 1. The van der Waals surface area contributed by atoms with Gasteiger partial charge in [0.15, 0.2) is 0 Å². The van der Waals surface area contributed by atoms with Crippen molar-refractivity contribution in [1.82, 2.24) is 0 Å². The normalized spacial score (nSPS) is 10.8. The highest BCUT2D eigenvalue weighted by Crippen LogP contribution is 2.36. The summed E-state index contributed by atoms with van der Waals surface area (Å²) in [6.45, 7) is 0. The van der Waals surface area contributed by atoms with Crippen molar-refractivity contribution >= 4 is 46.0 Å². The average molecular weight is 363 g/mol. The third-order valence-electron chi connectivity index (χ3n) is 1.38. The Morgan fingerprint density at radius 3 is 2.50 bits per heavy atom. The molecule has 1 rings (SSSR count). The van der Waals surface area contributed by atoms with Crippen molar-refractivity contribution in [2.45, 2.75) is 6.36 Å². The van der Waals surface area contributed by atoms with Gasteiger partial charge >= 0.3 is 6.36 Å². The predicted molar refractivity (Wildman–Crippen MR) is 58.6 cm³/mol. The molecule has 0 unspecified atom stereocenters. The molecule has 0 aliphatic heterocycles. The van der Waals surface area contributed by atoms with Gasteiger partial charge in [0, 0.05) is 9.64 Å². The number of benzene rings is 1. The first-order chi connectivity index (χ1) is 7.33. The molecule has 86 valence electrons. The lowest BCUT2D eigenvalue weighted by Crippen LogP contribution is -2.17. The maximum absolute atomic E-state index is 11.9. The van der Waals surface area contributed by atoms with Crippen LogP contribution >= 0.6 is 34.2 Å². The summed E-state index contributed by atoms with van der Waals surface area (Å²) in [7, 11) is 0. The number of isocyanates is 1. The van der Waals surface area contributed by atoms with Crippen molar-refractivity contribution in [3.05, 3.63) is 20.7 Å². The Balaban J connectivity index is 3.14. The highest BCUT2D eigenvalue weighted by atomic mass is 127. The summed E-state index contributed by atoms with van der Waals surface area (Å²) in [6.07, 6.45) is -3.53. The number of rotatable bonds is 2. The van der Waals surface area contributed by atoms with Crippen LogP contribution in [0, 0.1) is 3.57 Å². The molecule has 0 aliphatic rings. The van der Waals surface area contributed by atoms with Gasteiger partial charge in [0.2, 0.25) is 6.08 Å². The maximum Gasteiger partial charge on any atom is 0.573 e. The zero-order valence-corrected chi connectivity index (χ0v) is 10.2. The van der Waals surface area contributed by atoms with E-state index in [1.54, 1.807) is 22.6 Å². The van der Waals surface area contributed by atoms with E-state index in [1.807, 2.05) is 0 Å². The van der Waals surface area contributed by atoms with Crippen LogP contribution in [0.5, 0.6) is 5.75 Å². The van der Waals surface area contributed by atoms with Crippen molar-refractivity contribution < 1.29 is 22.7 Å². The molecular weight excluding hydrogens is 361 g/mol. The highest BCUT2D eigenvalue weighted by molar-refractivity contribution is 14.1. The molecule has 1 aromatic rings. The number of nitrogens with zero attached hydrogens (tertiary/aromatic N) is 1. The topological polar surface area (TPSA) is 38.7 Å². The number of aliphatic imine (C=N–C) groups is 1. The van der Waals surface area contributed by atoms with Gasteiger partial charge in [-0.1, -0.05) is 11.6 Å². The van der Waals surface area contributed by atoms with Crippen LogP contribution in [0.1, 0.15) is 0 Å². The van der Waals surface area contributed by atoms with Crippen LogP contribution in [0.25, 0.3) is 0 Å². The van der Waals surface area contributed by atoms with Gasteiger partial charge in [0.1, 0.15) is 11.4 Å². The molecule has 0 N–H and O–H groups in total. The van der Waals surface area contributed by atoms with E-state index in [9.17, 15) is 18.0 Å². The second-order valence-corrected chi connectivity index (χ2v) is 4.06. The van der Waals surface area contributed by atoms with Crippen LogP contribution in [-0.4, -0.2) is 12.4 Å². The molecule has 0 aromatic heterocycles. The molecule has 0 spiro atoms. The zero-order chi connectivity index (χ0) is 12.3. The Kier molecular flexibility index (Phi) is 4.17. The summed E-state index contributed by atoms with van der Waals surface area (Å²) >= 11 is 7.30. The molecule has 0 heterocycles. The molecule has 0 amide bonds. The van der Waals surface area contributed by atoms with Gasteiger partial charge in [-0.05, 0) is 28.7 Å². The fourth-order valence-electron chi connectivity index (χ4n) is 0.887. The Morgan fingerprint density at radius 2 is 2.06 bits per heavy atom. The molecule has 8 heteroatoms. The number of carbonyl (C=O) groups excluding carboxylic acids is 1. The molecule has 3 nitrogen and oxygen atoms in total. The third kappa shape index (κ3) is 3.66. The Labute approximate surface area is 106 Å². The first-order valence-electron chi connectivity index (χ1n) is 3.66. The van der Waals surface area contributed by atoms with E-state index < -0.39 is 12.1 Å². The fourth-order valence-corrected chi connectivity index (χ4v) is 2.02. The Morgan fingerprint density at radius 1 is 1.44 bits per heavy atom. The minimum atomic E-state index is -4.79. The van der Waals surface area contributed by atoms with Crippen LogP contribution < -0.4 is 4.74 Å². The molecule has 0 radical (unpaired) electrons. The quantitative estimate of drug-likeness (QED) is 0.455. The van der Waals surface area contributed by atoms with Crippen LogP contribution in [0.2, 0.25) is 5.02 Å².